The monoisotopic (exact) mass is 555 g/mol. The summed E-state index contributed by atoms with van der Waals surface area (Å²) in [6.45, 7) is 4.72. The van der Waals surface area contributed by atoms with Gasteiger partial charge in [0.15, 0.2) is 23.0 Å². The van der Waals surface area contributed by atoms with E-state index in [2.05, 4.69) is 52.3 Å². The third-order valence-electron chi connectivity index (χ3n) is 8.34. The minimum Gasteiger partial charge on any atom is -0.493 e. The zero-order valence-corrected chi connectivity index (χ0v) is 23.9. The molecule has 1 saturated heterocycles. The van der Waals surface area contributed by atoms with Crippen LogP contribution in [0.25, 0.3) is 10.9 Å². The SMILES string of the molecule is COc1cc2nc(N(C)CC3(c4ccccc4)CCN(Cc4cccc5c4OCCO5)CC3)nc(N)c2cc1OC. The number of para-hydroxylation sites is 1. The van der Waals surface area contributed by atoms with Gasteiger partial charge >= 0.3 is 0 Å². The Morgan fingerprint density at radius 2 is 1.66 bits per heavy atom. The average molecular weight is 556 g/mol. The van der Waals surface area contributed by atoms with E-state index in [9.17, 15) is 0 Å². The van der Waals surface area contributed by atoms with E-state index in [4.69, 9.17) is 34.6 Å². The van der Waals surface area contributed by atoms with Crippen LogP contribution in [0.5, 0.6) is 23.0 Å². The van der Waals surface area contributed by atoms with E-state index in [1.54, 1.807) is 14.2 Å². The number of fused-ring (bicyclic) bond motifs is 2. The van der Waals surface area contributed by atoms with Crippen LogP contribution < -0.4 is 29.6 Å². The Bertz CT molecular complexity index is 1520. The second-order valence-electron chi connectivity index (χ2n) is 10.9. The fourth-order valence-electron chi connectivity index (χ4n) is 6.13. The van der Waals surface area contributed by atoms with Crippen LogP contribution in [0.4, 0.5) is 11.8 Å². The van der Waals surface area contributed by atoms with Crippen molar-refractivity contribution in [1.29, 1.82) is 0 Å². The van der Waals surface area contributed by atoms with Crippen LogP contribution in [-0.2, 0) is 12.0 Å². The molecule has 41 heavy (non-hydrogen) atoms. The minimum absolute atomic E-state index is 0.0626. The van der Waals surface area contributed by atoms with Gasteiger partial charge in [-0.3, -0.25) is 4.90 Å². The van der Waals surface area contributed by atoms with E-state index in [1.165, 1.54) is 11.1 Å². The molecule has 4 aromatic rings. The van der Waals surface area contributed by atoms with Gasteiger partial charge in [-0.05, 0) is 43.6 Å². The highest BCUT2D eigenvalue weighted by Crippen LogP contribution is 2.40. The number of nitrogen functional groups attached to an aromatic ring is 1. The molecule has 1 aromatic heterocycles. The molecule has 0 aliphatic carbocycles. The second-order valence-corrected chi connectivity index (χ2v) is 10.9. The fraction of sp³-hybridized carbons (Fsp3) is 0.375. The summed E-state index contributed by atoms with van der Waals surface area (Å²) in [4.78, 5) is 14.2. The maximum atomic E-state index is 6.43. The number of ether oxygens (including phenoxy) is 4. The predicted molar refractivity (Wildman–Crippen MR) is 160 cm³/mol. The van der Waals surface area contributed by atoms with E-state index in [-0.39, 0.29) is 5.41 Å². The summed E-state index contributed by atoms with van der Waals surface area (Å²) < 4.78 is 22.7. The molecule has 0 radical (unpaired) electrons. The molecule has 9 heteroatoms. The van der Waals surface area contributed by atoms with Gasteiger partial charge in [-0.25, -0.2) is 4.98 Å². The Balaban J connectivity index is 1.24. The molecule has 214 valence electrons. The van der Waals surface area contributed by atoms with Gasteiger partial charge in [0.25, 0.3) is 0 Å². The van der Waals surface area contributed by atoms with Crippen LogP contribution in [0, 0.1) is 0 Å². The molecule has 6 rings (SSSR count). The first-order valence-corrected chi connectivity index (χ1v) is 14.1. The molecule has 3 heterocycles. The molecule has 3 aromatic carbocycles. The van der Waals surface area contributed by atoms with Crippen molar-refractivity contribution >= 4 is 22.7 Å². The number of piperidine rings is 1. The second kappa shape index (κ2) is 11.3. The maximum Gasteiger partial charge on any atom is 0.227 e. The molecule has 9 nitrogen and oxygen atoms in total. The summed E-state index contributed by atoms with van der Waals surface area (Å²) in [5.41, 5.74) is 9.60. The van der Waals surface area contributed by atoms with Crippen molar-refractivity contribution in [3.8, 4) is 23.0 Å². The van der Waals surface area contributed by atoms with E-state index in [0.717, 1.165) is 61.4 Å². The van der Waals surface area contributed by atoms with Crippen molar-refractivity contribution in [2.45, 2.75) is 24.8 Å². The van der Waals surface area contributed by atoms with Crippen LogP contribution in [0.1, 0.15) is 24.0 Å². The zero-order chi connectivity index (χ0) is 28.4. The fourth-order valence-corrected chi connectivity index (χ4v) is 6.13. The van der Waals surface area contributed by atoms with Gasteiger partial charge in [-0.2, -0.15) is 4.98 Å². The molecule has 0 bridgehead atoms. The van der Waals surface area contributed by atoms with Gasteiger partial charge in [0.1, 0.15) is 19.0 Å². The predicted octanol–water partition coefficient (Wildman–Crippen LogP) is 4.67. The summed E-state index contributed by atoms with van der Waals surface area (Å²) in [6, 6.07) is 20.7. The quantitative estimate of drug-likeness (QED) is 0.333. The van der Waals surface area contributed by atoms with Crippen molar-refractivity contribution in [3.63, 3.8) is 0 Å². The molecule has 2 aliphatic rings. The van der Waals surface area contributed by atoms with Gasteiger partial charge in [-0.1, -0.05) is 42.5 Å². The lowest BCUT2D eigenvalue weighted by Crippen LogP contribution is -2.48. The van der Waals surface area contributed by atoms with Gasteiger partial charge in [0.05, 0.1) is 19.7 Å². The average Bonchev–Trinajstić information content (AvgIpc) is 3.02. The number of methoxy groups -OCH3 is 2. The van der Waals surface area contributed by atoms with E-state index >= 15 is 0 Å². The highest BCUT2D eigenvalue weighted by atomic mass is 16.6. The smallest absolute Gasteiger partial charge is 0.227 e. The topological polar surface area (TPSA) is 95.2 Å². The number of aromatic nitrogens is 2. The van der Waals surface area contributed by atoms with Crippen LogP contribution in [0.15, 0.2) is 60.7 Å². The Morgan fingerprint density at radius 1 is 0.927 bits per heavy atom. The highest BCUT2D eigenvalue weighted by Gasteiger charge is 2.38. The lowest BCUT2D eigenvalue weighted by atomic mass is 9.72. The first-order valence-electron chi connectivity index (χ1n) is 14.1. The first kappa shape index (κ1) is 27.0. The number of nitrogens with zero attached hydrogens (tertiary/aromatic N) is 4. The zero-order valence-electron chi connectivity index (χ0n) is 23.9. The Labute approximate surface area is 240 Å². The van der Waals surface area contributed by atoms with Crippen molar-refractivity contribution in [3.05, 3.63) is 71.8 Å². The third kappa shape index (κ3) is 5.29. The largest absolute Gasteiger partial charge is 0.493 e. The van der Waals surface area contributed by atoms with Crippen LogP contribution in [-0.4, -0.2) is 69.0 Å². The van der Waals surface area contributed by atoms with Crippen LogP contribution >= 0.6 is 0 Å². The van der Waals surface area contributed by atoms with Crippen LogP contribution in [0.3, 0.4) is 0 Å². The van der Waals surface area contributed by atoms with Gasteiger partial charge in [-0.15, -0.1) is 0 Å². The Hall–Kier alpha value is -4.24. The van der Waals surface area contributed by atoms with E-state index < -0.39 is 0 Å². The normalized spacial score (nSPS) is 16.4. The summed E-state index contributed by atoms with van der Waals surface area (Å²) in [5, 5.41) is 0.739. The number of likely N-dealkylation sites (N-methyl/N-ethyl adjacent to an activating group) is 1. The number of hydrogen-bond donors (Lipinski definition) is 1. The Kier molecular flexibility index (Phi) is 7.45. The van der Waals surface area contributed by atoms with Crippen molar-refractivity contribution in [2.75, 3.05) is 64.7 Å². The molecule has 0 amide bonds. The van der Waals surface area contributed by atoms with E-state index in [1.807, 2.05) is 25.2 Å². The molecule has 2 aliphatic heterocycles. The summed E-state index contributed by atoms with van der Waals surface area (Å²) >= 11 is 0. The summed E-state index contributed by atoms with van der Waals surface area (Å²) in [6.07, 6.45) is 2.00. The van der Waals surface area contributed by atoms with E-state index in [0.29, 0.717) is 36.5 Å². The Morgan fingerprint density at radius 3 is 2.41 bits per heavy atom. The molecule has 0 spiro atoms. The number of nitrogens with two attached hydrogens (primary N) is 1. The maximum absolute atomic E-state index is 6.43. The first-order chi connectivity index (χ1) is 20.0. The molecule has 1 fully saturated rings. The van der Waals surface area contributed by atoms with Crippen LogP contribution in [0.2, 0.25) is 0 Å². The van der Waals surface area contributed by atoms with Crippen molar-refractivity contribution in [1.82, 2.24) is 14.9 Å². The molecule has 0 unspecified atom stereocenters. The van der Waals surface area contributed by atoms with Gasteiger partial charge in [0.2, 0.25) is 5.95 Å². The van der Waals surface area contributed by atoms with Gasteiger partial charge < -0.3 is 29.6 Å². The van der Waals surface area contributed by atoms with Crippen molar-refractivity contribution < 1.29 is 18.9 Å². The summed E-state index contributed by atoms with van der Waals surface area (Å²) in [7, 11) is 5.27. The highest BCUT2D eigenvalue weighted by molar-refractivity contribution is 5.91. The lowest BCUT2D eigenvalue weighted by molar-refractivity contribution is 0.145. The number of rotatable bonds is 8. The molecular formula is C32H37N5O4. The lowest BCUT2D eigenvalue weighted by Gasteiger charge is -2.44. The number of benzene rings is 3. The third-order valence-corrected chi connectivity index (χ3v) is 8.34. The number of likely N-dealkylation sites (tertiary alicyclic amines) is 1. The molecule has 0 saturated carbocycles. The standard InChI is InChI=1S/C32H37N5O4/c1-36(31-34-25-19-28(39-3)27(38-2)18-24(25)30(33)35-31)21-32(23-9-5-4-6-10-23)12-14-37(15-13-32)20-22-8-7-11-26-29(22)41-17-16-40-26/h4-11,18-19H,12-17,20-21H2,1-3H3,(H2,33,34,35). The van der Waals surface area contributed by atoms with Gasteiger partial charge in [0, 0.05) is 42.6 Å². The molecule has 2 N–H and O–H groups in total. The minimum atomic E-state index is -0.0626. The molecule has 0 atom stereocenters. The number of anilines is 2. The number of hydrogen-bond acceptors (Lipinski definition) is 9. The summed E-state index contributed by atoms with van der Waals surface area (Å²) in [5.74, 6) is 3.94. The van der Waals surface area contributed by atoms with Crippen molar-refractivity contribution in [2.24, 2.45) is 0 Å². The molecular weight excluding hydrogens is 518 g/mol.